The minimum atomic E-state index is -0.269. The number of fused-ring (bicyclic) bond motifs is 2. The van der Waals surface area contributed by atoms with E-state index in [-0.39, 0.29) is 17.3 Å². The highest BCUT2D eigenvalue weighted by molar-refractivity contribution is 7.98. The molecule has 5 aromatic rings. The molecule has 28 heavy (non-hydrogen) atoms. The normalized spacial score (nSPS) is 11.4. The van der Waals surface area contributed by atoms with Gasteiger partial charge < -0.3 is 5.73 Å². The third kappa shape index (κ3) is 2.77. The zero-order chi connectivity index (χ0) is 19.1. The second kappa shape index (κ2) is 6.46. The second-order valence-corrected chi connectivity index (χ2v) is 6.89. The molecule has 10 nitrogen and oxygen atoms in total. The summed E-state index contributed by atoms with van der Waals surface area (Å²) in [5.41, 5.74) is 7.54. The lowest BCUT2D eigenvalue weighted by atomic mass is 10.3. The molecule has 0 aliphatic carbocycles. The minimum absolute atomic E-state index is 0.139. The first-order valence-corrected chi connectivity index (χ1v) is 9.29. The van der Waals surface area contributed by atoms with E-state index in [1.54, 1.807) is 10.9 Å². The topological polar surface area (TPSA) is 133 Å². The number of hydrogen-bond acceptors (Lipinski definition) is 8. The number of anilines is 1. The van der Waals surface area contributed by atoms with Gasteiger partial charge in [0, 0.05) is 11.8 Å². The van der Waals surface area contributed by atoms with Crippen LogP contribution in [-0.2, 0) is 5.75 Å². The van der Waals surface area contributed by atoms with E-state index < -0.39 is 0 Å². The molecule has 4 heterocycles. The van der Waals surface area contributed by atoms with Crippen molar-refractivity contribution < 1.29 is 0 Å². The van der Waals surface area contributed by atoms with Gasteiger partial charge in [-0.1, -0.05) is 30.0 Å². The van der Waals surface area contributed by atoms with Crippen molar-refractivity contribution in [2.24, 2.45) is 0 Å². The van der Waals surface area contributed by atoms with E-state index in [4.69, 9.17) is 5.73 Å². The summed E-state index contributed by atoms with van der Waals surface area (Å²) in [6, 6.07) is 11.2. The molecule has 0 radical (unpaired) electrons. The molecule has 4 aromatic heterocycles. The Balaban J connectivity index is 1.48. The smallest absolute Gasteiger partial charge is 0.274 e. The summed E-state index contributed by atoms with van der Waals surface area (Å²) in [6.45, 7) is 0. The van der Waals surface area contributed by atoms with Crippen LogP contribution in [-0.4, -0.2) is 39.3 Å². The Bertz CT molecular complexity index is 1360. The van der Waals surface area contributed by atoms with Crippen molar-refractivity contribution in [3.05, 3.63) is 65.0 Å². The van der Waals surface area contributed by atoms with E-state index >= 15 is 0 Å². The van der Waals surface area contributed by atoms with Gasteiger partial charge in [-0.2, -0.15) is 14.6 Å². The average molecular weight is 391 g/mol. The molecule has 0 atom stereocenters. The number of aromatic amines is 1. The van der Waals surface area contributed by atoms with Crippen molar-refractivity contribution >= 4 is 34.5 Å². The Hall–Kier alpha value is -3.73. The summed E-state index contributed by atoms with van der Waals surface area (Å²) < 4.78 is 2.97. The van der Waals surface area contributed by atoms with Gasteiger partial charge in [-0.05, 0) is 12.1 Å². The molecule has 11 heteroatoms. The van der Waals surface area contributed by atoms with Gasteiger partial charge in [0.2, 0.25) is 5.95 Å². The maximum Gasteiger partial charge on any atom is 0.274 e. The van der Waals surface area contributed by atoms with Crippen molar-refractivity contribution in [1.82, 2.24) is 39.3 Å². The number of nitrogen functional groups attached to an aromatic ring is 1. The first-order valence-electron chi connectivity index (χ1n) is 8.30. The number of rotatable bonds is 4. The Labute approximate surface area is 161 Å². The van der Waals surface area contributed by atoms with Gasteiger partial charge in [-0.25, -0.2) is 19.6 Å². The Kier molecular flexibility index (Phi) is 3.79. The maximum atomic E-state index is 12.1. The number of H-pyrrole nitrogens is 1. The molecule has 138 valence electrons. The third-order valence-corrected chi connectivity index (χ3v) is 5.13. The summed E-state index contributed by atoms with van der Waals surface area (Å²) in [5.74, 6) is 0.826. The molecule has 0 unspecified atom stereocenters. The fraction of sp³-hybridized carbons (Fsp3) is 0.0588. The predicted octanol–water partition coefficient (Wildman–Crippen LogP) is 1.42. The van der Waals surface area contributed by atoms with Crippen LogP contribution in [0.4, 0.5) is 5.95 Å². The van der Waals surface area contributed by atoms with Crippen molar-refractivity contribution in [2.45, 2.75) is 10.8 Å². The number of benzene rings is 1. The zero-order valence-corrected chi connectivity index (χ0v) is 15.2. The third-order valence-electron chi connectivity index (χ3n) is 4.09. The van der Waals surface area contributed by atoms with Crippen molar-refractivity contribution in [1.29, 1.82) is 0 Å². The van der Waals surface area contributed by atoms with Crippen molar-refractivity contribution in [3.63, 3.8) is 0 Å². The molecule has 0 saturated heterocycles. The number of para-hydroxylation sites is 1. The van der Waals surface area contributed by atoms with Crippen LogP contribution in [0.25, 0.3) is 22.5 Å². The molecular weight excluding hydrogens is 378 g/mol. The molecule has 0 bridgehead atoms. The number of nitrogens with zero attached hydrogens (tertiary/aromatic N) is 7. The quantitative estimate of drug-likeness (QED) is 0.347. The van der Waals surface area contributed by atoms with E-state index in [0.29, 0.717) is 17.1 Å². The second-order valence-electron chi connectivity index (χ2n) is 5.93. The van der Waals surface area contributed by atoms with Gasteiger partial charge in [-0.15, -0.1) is 0 Å². The summed E-state index contributed by atoms with van der Waals surface area (Å²) in [6.07, 6.45) is 3.25. The van der Waals surface area contributed by atoms with E-state index in [9.17, 15) is 4.79 Å². The Morgan fingerprint density at radius 1 is 1.14 bits per heavy atom. The SMILES string of the molecule is Nc1nc2nc(CSc3ncnc4c3cnn4-c3ccccc3)cc(=O)n2[nH]1. The van der Waals surface area contributed by atoms with Crippen LogP contribution >= 0.6 is 11.8 Å². The summed E-state index contributed by atoms with van der Waals surface area (Å²) in [5, 5.41) is 8.67. The van der Waals surface area contributed by atoms with Crippen LogP contribution in [0.5, 0.6) is 0 Å². The van der Waals surface area contributed by atoms with Gasteiger partial charge >= 0.3 is 0 Å². The standard InChI is InChI=1S/C17H13N9OS/c18-16-23-17-22-10(6-13(27)26(17)24-16)8-28-15-12-7-21-25(14(12)19-9-20-15)11-4-2-1-3-5-11/h1-7,9H,8H2,(H3,18,22,23,24). The van der Waals surface area contributed by atoms with Crippen LogP contribution in [0.15, 0.2) is 58.7 Å². The molecule has 3 N–H and O–H groups in total. The van der Waals surface area contributed by atoms with Crippen LogP contribution in [0, 0.1) is 0 Å². The summed E-state index contributed by atoms with van der Waals surface area (Å²) in [4.78, 5) is 29.2. The van der Waals surface area contributed by atoms with Gasteiger partial charge in [0.05, 0.1) is 23.0 Å². The summed E-state index contributed by atoms with van der Waals surface area (Å²) >= 11 is 1.45. The molecule has 1 aromatic carbocycles. The van der Waals surface area contributed by atoms with E-state index in [1.807, 2.05) is 30.3 Å². The van der Waals surface area contributed by atoms with E-state index in [0.717, 1.165) is 16.1 Å². The highest BCUT2D eigenvalue weighted by atomic mass is 32.2. The largest absolute Gasteiger partial charge is 0.368 e. The van der Waals surface area contributed by atoms with Crippen molar-refractivity contribution in [2.75, 3.05) is 5.73 Å². The zero-order valence-electron chi connectivity index (χ0n) is 14.4. The van der Waals surface area contributed by atoms with Gasteiger partial charge in [0.1, 0.15) is 11.4 Å². The maximum absolute atomic E-state index is 12.1. The van der Waals surface area contributed by atoms with E-state index in [2.05, 4.69) is 30.1 Å². The first kappa shape index (κ1) is 16.4. The lowest BCUT2D eigenvalue weighted by molar-refractivity contribution is 0.890. The van der Waals surface area contributed by atoms with Crippen LogP contribution in [0.2, 0.25) is 0 Å². The Morgan fingerprint density at radius 3 is 2.86 bits per heavy atom. The fourth-order valence-corrected chi connectivity index (χ4v) is 3.71. The van der Waals surface area contributed by atoms with Gasteiger partial charge in [-0.3, -0.25) is 9.89 Å². The monoisotopic (exact) mass is 391 g/mol. The molecule has 0 amide bonds. The lowest BCUT2D eigenvalue weighted by Gasteiger charge is -2.04. The predicted molar refractivity (Wildman–Crippen MR) is 104 cm³/mol. The van der Waals surface area contributed by atoms with Crippen molar-refractivity contribution in [3.8, 4) is 5.69 Å². The number of aromatic nitrogens is 8. The highest BCUT2D eigenvalue weighted by Gasteiger charge is 2.13. The number of nitrogens with two attached hydrogens (primary N) is 1. The molecule has 0 spiro atoms. The molecule has 0 aliphatic rings. The minimum Gasteiger partial charge on any atom is -0.368 e. The van der Waals surface area contributed by atoms with Gasteiger partial charge in [0.25, 0.3) is 11.3 Å². The fourth-order valence-electron chi connectivity index (χ4n) is 2.86. The number of hydrogen-bond donors (Lipinski definition) is 2. The number of thioether (sulfide) groups is 1. The average Bonchev–Trinajstić information content (AvgIpc) is 3.30. The Morgan fingerprint density at radius 2 is 2.00 bits per heavy atom. The molecule has 0 saturated carbocycles. The van der Waals surface area contributed by atoms with Crippen LogP contribution < -0.4 is 11.3 Å². The first-order chi connectivity index (χ1) is 13.7. The summed E-state index contributed by atoms with van der Waals surface area (Å²) in [7, 11) is 0. The number of nitrogens with one attached hydrogen (secondary N) is 1. The molecule has 0 fully saturated rings. The van der Waals surface area contributed by atoms with Crippen LogP contribution in [0.3, 0.4) is 0 Å². The molecule has 5 rings (SSSR count). The lowest BCUT2D eigenvalue weighted by Crippen LogP contribution is -2.15. The van der Waals surface area contributed by atoms with E-state index in [1.165, 1.54) is 28.7 Å². The molecular formula is C17H13N9OS. The highest BCUT2D eigenvalue weighted by Crippen LogP contribution is 2.27. The van der Waals surface area contributed by atoms with Gasteiger partial charge in [0.15, 0.2) is 5.65 Å². The molecule has 0 aliphatic heterocycles. The van der Waals surface area contributed by atoms with Crippen LogP contribution in [0.1, 0.15) is 5.69 Å².